The molecule has 2 amide bonds. The van der Waals surface area contributed by atoms with E-state index in [0.29, 0.717) is 35.5 Å². The van der Waals surface area contributed by atoms with Crippen LogP contribution in [0, 0.1) is 5.92 Å². The van der Waals surface area contributed by atoms with Crippen LogP contribution >= 0.6 is 0 Å². The Hall–Kier alpha value is -2.12. The van der Waals surface area contributed by atoms with E-state index >= 15 is 0 Å². The summed E-state index contributed by atoms with van der Waals surface area (Å²) in [5.41, 5.74) is 1.14. The van der Waals surface area contributed by atoms with Crippen molar-refractivity contribution >= 4 is 17.5 Å². The van der Waals surface area contributed by atoms with E-state index in [2.05, 4.69) is 29.4 Å². The lowest BCUT2D eigenvalue weighted by molar-refractivity contribution is -0.118. The van der Waals surface area contributed by atoms with E-state index in [0.717, 1.165) is 39.1 Å². The van der Waals surface area contributed by atoms with E-state index < -0.39 is 0 Å². The minimum atomic E-state index is -0.182. The second-order valence-electron chi connectivity index (χ2n) is 7.05. The third-order valence-electron chi connectivity index (χ3n) is 5.46. The number of carbonyl (C=O) groups excluding carboxylic acids is 2. The van der Waals surface area contributed by atoms with E-state index in [-0.39, 0.29) is 18.4 Å². The zero-order valence-corrected chi connectivity index (χ0v) is 16.1. The summed E-state index contributed by atoms with van der Waals surface area (Å²) in [7, 11) is 0. The van der Waals surface area contributed by atoms with Crippen LogP contribution in [0.25, 0.3) is 0 Å². The van der Waals surface area contributed by atoms with E-state index in [9.17, 15) is 9.59 Å². The van der Waals surface area contributed by atoms with Crippen LogP contribution in [0.4, 0.5) is 5.69 Å². The minimum absolute atomic E-state index is 0.0220. The zero-order chi connectivity index (χ0) is 19.2. The van der Waals surface area contributed by atoms with Crippen molar-refractivity contribution in [3.63, 3.8) is 0 Å². The quantitative estimate of drug-likeness (QED) is 0.761. The third kappa shape index (κ3) is 4.78. The van der Waals surface area contributed by atoms with Crippen molar-refractivity contribution in [2.75, 3.05) is 44.8 Å². The maximum absolute atomic E-state index is 12.7. The Labute approximate surface area is 160 Å². The molecule has 27 heavy (non-hydrogen) atoms. The van der Waals surface area contributed by atoms with Crippen LogP contribution in [-0.2, 0) is 9.53 Å². The van der Waals surface area contributed by atoms with Crippen LogP contribution < -0.4 is 15.4 Å². The fourth-order valence-corrected chi connectivity index (χ4v) is 3.85. The highest BCUT2D eigenvalue weighted by molar-refractivity contribution is 5.98. The number of nitrogens with zero attached hydrogens (tertiary/aromatic N) is 1. The van der Waals surface area contributed by atoms with Crippen molar-refractivity contribution in [3.05, 3.63) is 23.8 Å². The Morgan fingerprint density at radius 2 is 2.00 bits per heavy atom. The fraction of sp³-hybridized carbons (Fsp3) is 0.600. The van der Waals surface area contributed by atoms with Crippen LogP contribution in [-0.4, -0.2) is 62.2 Å². The molecule has 1 fully saturated rings. The molecule has 0 saturated carbocycles. The molecule has 2 N–H and O–H groups in total. The topological polar surface area (TPSA) is 79.9 Å². The van der Waals surface area contributed by atoms with Crippen molar-refractivity contribution < 1.29 is 19.1 Å². The average molecular weight is 375 g/mol. The lowest BCUT2D eigenvalue weighted by Gasteiger charge is -2.38. The van der Waals surface area contributed by atoms with Gasteiger partial charge in [0.15, 0.2) is 6.61 Å². The highest BCUT2D eigenvalue weighted by Gasteiger charge is 2.27. The Morgan fingerprint density at radius 1 is 1.26 bits per heavy atom. The van der Waals surface area contributed by atoms with Gasteiger partial charge in [0.1, 0.15) is 5.75 Å². The summed E-state index contributed by atoms with van der Waals surface area (Å²) in [6, 6.07) is 5.41. The maximum Gasteiger partial charge on any atom is 0.262 e. The van der Waals surface area contributed by atoms with Gasteiger partial charge in [0.2, 0.25) is 0 Å². The first-order chi connectivity index (χ1) is 13.1. The number of anilines is 1. The second kappa shape index (κ2) is 9.19. The molecule has 0 aromatic heterocycles. The molecular weight excluding hydrogens is 346 g/mol. The molecular formula is C20H29N3O4. The van der Waals surface area contributed by atoms with Gasteiger partial charge in [0.05, 0.1) is 18.9 Å². The lowest BCUT2D eigenvalue weighted by Crippen LogP contribution is -2.52. The molecule has 7 heteroatoms. The summed E-state index contributed by atoms with van der Waals surface area (Å²) in [4.78, 5) is 26.5. The van der Waals surface area contributed by atoms with Gasteiger partial charge in [0.25, 0.3) is 11.8 Å². The van der Waals surface area contributed by atoms with Gasteiger partial charge in [-0.25, -0.2) is 0 Å². The molecule has 1 aromatic rings. The third-order valence-corrected chi connectivity index (χ3v) is 5.46. The Kier molecular flexibility index (Phi) is 6.68. The van der Waals surface area contributed by atoms with Gasteiger partial charge in [-0.15, -0.1) is 0 Å². The maximum atomic E-state index is 12.7. The van der Waals surface area contributed by atoms with Crippen LogP contribution in [0.5, 0.6) is 5.75 Å². The van der Waals surface area contributed by atoms with Crippen molar-refractivity contribution in [3.8, 4) is 5.75 Å². The van der Waals surface area contributed by atoms with E-state index in [1.807, 2.05) is 0 Å². The SMILES string of the molecule is CCC(CC)[C@@H](CNC(=O)c1ccc2c(c1)OCC(=O)N2)N1CCOCC1. The fourth-order valence-electron chi connectivity index (χ4n) is 3.85. The number of amides is 2. The largest absolute Gasteiger partial charge is 0.482 e. The summed E-state index contributed by atoms with van der Waals surface area (Å²) in [6.45, 7) is 8.31. The van der Waals surface area contributed by atoms with Crippen LogP contribution in [0.2, 0.25) is 0 Å². The van der Waals surface area contributed by atoms with Crippen LogP contribution in [0.15, 0.2) is 18.2 Å². The van der Waals surface area contributed by atoms with E-state index in [4.69, 9.17) is 9.47 Å². The normalized spacial score (nSPS) is 18.4. The van der Waals surface area contributed by atoms with Crippen molar-refractivity contribution in [1.82, 2.24) is 10.2 Å². The molecule has 0 unspecified atom stereocenters. The predicted octanol–water partition coefficient (Wildman–Crippen LogP) is 1.88. The molecule has 2 aliphatic heterocycles. The van der Waals surface area contributed by atoms with Gasteiger partial charge in [-0.05, 0) is 24.1 Å². The zero-order valence-electron chi connectivity index (χ0n) is 16.1. The number of hydrogen-bond acceptors (Lipinski definition) is 5. The van der Waals surface area contributed by atoms with Gasteiger partial charge in [0, 0.05) is 31.2 Å². The Morgan fingerprint density at radius 3 is 2.70 bits per heavy atom. The summed E-state index contributed by atoms with van der Waals surface area (Å²) in [5.74, 6) is 0.762. The standard InChI is InChI=1S/C20H29N3O4/c1-3-14(4-2)17(23-7-9-26-10-8-23)12-21-20(25)15-5-6-16-18(11-15)27-13-19(24)22-16/h5-6,11,14,17H,3-4,7-10,12-13H2,1-2H3,(H,21,25)(H,22,24)/t17-/m1/s1. The van der Waals surface area contributed by atoms with Crippen molar-refractivity contribution in [2.45, 2.75) is 32.7 Å². The first-order valence-electron chi connectivity index (χ1n) is 9.79. The van der Waals surface area contributed by atoms with Crippen molar-refractivity contribution in [2.24, 2.45) is 5.92 Å². The van der Waals surface area contributed by atoms with Gasteiger partial charge >= 0.3 is 0 Å². The number of ether oxygens (including phenoxy) is 2. The molecule has 1 saturated heterocycles. The van der Waals surface area contributed by atoms with E-state index in [1.165, 1.54) is 0 Å². The molecule has 1 aromatic carbocycles. The number of morpholine rings is 1. The monoisotopic (exact) mass is 375 g/mol. The molecule has 0 bridgehead atoms. The molecule has 2 heterocycles. The molecule has 2 aliphatic rings. The summed E-state index contributed by atoms with van der Waals surface area (Å²) in [5, 5.41) is 5.83. The number of carbonyl (C=O) groups is 2. The molecule has 3 rings (SSSR count). The van der Waals surface area contributed by atoms with Gasteiger partial charge < -0.3 is 20.1 Å². The molecule has 7 nitrogen and oxygen atoms in total. The summed E-state index contributed by atoms with van der Waals surface area (Å²) in [6.07, 6.45) is 2.17. The van der Waals surface area contributed by atoms with Crippen LogP contribution in [0.3, 0.4) is 0 Å². The number of fused-ring (bicyclic) bond motifs is 1. The highest BCUT2D eigenvalue weighted by Crippen LogP contribution is 2.28. The van der Waals surface area contributed by atoms with Crippen LogP contribution in [0.1, 0.15) is 37.0 Å². The Bertz CT molecular complexity index is 669. The molecule has 0 radical (unpaired) electrons. The first kappa shape index (κ1) is 19.6. The number of benzene rings is 1. The molecule has 1 atom stereocenters. The minimum Gasteiger partial charge on any atom is -0.482 e. The average Bonchev–Trinajstić information content (AvgIpc) is 2.71. The smallest absolute Gasteiger partial charge is 0.262 e. The number of nitrogens with one attached hydrogen (secondary N) is 2. The summed E-state index contributed by atoms with van der Waals surface area (Å²) >= 11 is 0. The molecule has 148 valence electrons. The lowest BCUT2D eigenvalue weighted by atomic mass is 9.92. The first-order valence-corrected chi connectivity index (χ1v) is 9.79. The Balaban J connectivity index is 1.65. The number of hydrogen-bond donors (Lipinski definition) is 2. The van der Waals surface area contributed by atoms with Crippen molar-refractivity contribution in [1.29, 1.82) is 0 Å². The predicted molar refractivity (Wildman–Crippen MR) is 103 cm³/mol. The highest BCUT2D eigenvalue weighted by atomic mass is 16.5. The van der Waals surface area contributed by atoms with Gasteiger partial charge in [-0.3, -0.25) is 14.5 Å². The van der Waals surface area contributed by atoms with Gasteiger partial charge in [-0.2, -0.15) is 0 Å². The van der Waals surface area contributed by atoms with E-state index in [1.54, 1.807) is 18.2 Å². The second-order valence-corrected chi connectivity index (χ2v) is 7.05. The number of rotatable bonds is 7. The van der Waals surface area contributed by atoms with Gasteiger partial charge in [-0.1, -0.05) is 26.7 Å². The molecule has 0 spiro atoms. The molecule has 0 aliphatic carbocycles. The summed E-state index contributed by atoms with van der Waals surface area (Å²) < 4.78 is 10.9.